The molecular weight excluding hydrogens is 462 g/mol. The Morgan fingerprint density at radius 3 is 1.83 bits per heavy atom. The maximum absolute atomic E-state index is 12.2. The number of rotatable bonds is 12. The largest absolute Gasteiger partial charge is 0.513 e. The molecule has 1 aromatic carbocycles. The lowest BCUT2D eigenvalue weighted by Gasteiger charge is -2.32. The van der Waals surface area contributed by atoms with Crippen molar-refractivity contribution in [1.29, 1.82) is 0 Å². The van der Waals surface area contributed by atoms with E-state index >= 15 is 0 Å². The van der Waals surface area contributed by atoms with Crippen LogP contribution in [0, 0.1) is 11.8 Å². The van der Waals surface area contributed by atoms with E-state index in [2.05, 4.69) is 5.32 Å². The fourth-order valence-corrected chi connectivity index (χ4v) is 2.83. The second kappa shape index (κ2) is 13.5. The van der Waals surface area contributed by atoms with Gasteiger partial charge in [-0.05, 0) is 43.4 Å². The van der Waals surface area contributed by atoms with Crippen LogP contribution in [0.2, 0.25) is 0 Å². The molecule has 196 valence electrons. The molecule has 2 N–H and O–H groups in total. The lowest BCUT2D eigenvalue weighted by molar-refractivity contribution is -0.182. The van der Waals surface area contributed by atoms with Crippen LogP contribution in [0.1, 0.15) is 54.0 Å². The number of benzene rings is 1. The molecule has 0 spiro atoms. The van der Waals surface area contributed by atoms with Crippen molar-refractivity contribution < 1.29 is 48.0 Å². The summed E-state index contributed by atoms with van der Waals surface area (Å²) in [6.07, 6.45) is -2.37. The van der Waals surface area contributed by atoms with Gasteiger partial charge in [0.25, 0.3) is 5.72 Å². The third-order valence-corrected chi connectivity index (χ3v) is 4.10. The van der Waals surface area contributed by atoms with Crippen molar-refractivity contribution in [2.75, 3.05) is 13.2 Å². The summed E-state index contributed by atoms with van der Waals surface area (Å²) in [4.78, 5) is 48.0. The van der Waals surface area contributed by atoms with Gasteiger partial charge < -0.3 is 28.8 Å². The summed E-state index contributed by atoms with van der Waals surface area (Å²) in [7, 11) is 0. The molecule has 0 aromatic heterocycles. The van der Waals surface area contributed by atoms with Gasteiger partial charge in [0.1, 0.15) is 0 Å². The van der Waals surface area contributed by atoms with E-state index in [0.29, 0.717) is 5.56 Å². The number of carboxylic acids is 1. The van der Waals surface area contributed by atoms with Crippen LogP contribution in [0.15, 0.2) is 18.2 Å². The summed E-state index contributed by atoms with van der Waals surface area (Å²) in [6.45, 7) is 12.1. The Kier molecular flexibility index (Phi) is 11.5. The minimum absolute atomic E-state index is 0.0534. The summed E-state index contributed by atoms with van der Waals surface area (Å²) >= 11 is 0. The molecule has 0 radical (unpaired) electrons. The Morgan fingerprint density at radius 2 is 1.40 bits per heavy atom. The Bertz CT molecular complexity index is 896. The first-order valence-electron chi connectivity index (χ1n) is 11.3. The maximum Gasteiger partial charge on any atom is 0.513 e. The van der Waals surface area contributed by atoms with Gasteiger partial charge in [0.15, 0.2) is 11.5 Å². The maximum atomic E-state index is 12.2. The van der Waals surface area contributed by atoms with Crippen LogP contribution in [-0.2, 0) is 30.2 Å². The van der Waals surface area contributed by atoms with Crippen LogP contribution in [0.5, 0.6) is 11.5 Å². The normalized spacial score (nSPS) is 12.7. The number of aliphatic carboxylic acids is 1. The fraction of sp³-hybridized carbons (Fsp3) is 0.583. The summed E-state index contributed by atoms with van der Waals surface area (Å²) in [5.74, 6) is -2.44. The molecule has 0 aliphatic rings. The van der Waals surface area contributed by atoms with E-state index < -0.39 is 30.0 Å². The third-order valence-electron chi connectivity index (χ3n) is 4.10. The van der Waals surface area contributed by atoms with Crippen LogP contribution >= 0.6 is 0 Å². The van der Waals surface area contributed by atoms with E-state index in [-0.39, 0.29) is 49.0 Å². The number of ether oxygens (including phenoxy) is 5. The van der Waals surface area contributed by atoms with Gasteiger partial charge in [-0.15, -0.1) is 0 Å². The number of hydrogen-bond donors (Lipinski definition) is 2. The first-order valence-corrected chi connectivity index (χ1v) is 11.3. The molecule has 0 bridgehead atoms. The molecule has 0 heterocycles. The SMILES string of the molecule is CC(=O)O[C@](Cc1ccc(OC(=O)OCC(C)C)c(OC(=O)OCC(C)C)c1)(NC(C)C)C(=O)O. The van der Waals surface area contributed by atoms with Gasteiger partial charge in [0.05, 0.1) is 13.2 Å². The summed E-state index contributed by atoms with van der Waals surface area (Å²) in [5, 5.41) is 12.6. The average molecular weight is 498 g/mol. The smallest absolute Gasteiger partial charge is 0.477 e. The minimum Gasteiger partial charge on any atom is -0.477 e. The lowest BCUT2D eigenvalue weighted by Crippen LogP contribution is -2.59. The molecule has 1 atom stereocenters. The van der Waals surface area contributed by atoms with Crippen molar-refractivity contribution >= 4 is 24.2 Å². The van der Waals surface area contributed by atoms with Crippen LogP contribution < -0.4 is 14.8 Å². The van der Waals surface area contributed by atoms with E-state index in [1.165, 1.54) is 18.2 Å². The van der Waals surface area contributed by atoms with E-state index in [4.69, 9.17) is 23.7 Å². The first-order chi connectivity index (χ1) is 16.2. The lowest BCUT2D eigenvalue weighted by atomic mass is 10.0. The summed E-state index contributed by atoms with van der Waals surface area (Å²) in [5.41, 5.74) is -1.79. The van der Waals surface area contributed by atoms with Gasteiger partial charge in [-0.25, -0.2) is 14.4 Å². The van der Waals surface area contributed by atoms with E-state index in [9.17, 15) is 24.3 Å². The molecule has 0 unspecified atom stereocenters. The zero-order valence-corrected chi connectivity index (χ0v) is 21.2. The number of carbonyl (C=O) groups excluding carboxylic acids is 3. The van der Waals surface area contributed by atoms with Crippen LogP contribution in [-0.4, -0.2) is 54.3 Å². The predicted octanol–water partition coefficient (Wildman–Crippen LogP) is 3.91. The number of carbonyl (C=O) groups is 4. The summed E-state index contributed by atoms with van der Waals surface area (Å²) < 4.78 is 25.6. The number of esters is 1. The van der Waals surface area contributed by atoms with Gasteiger partial charge in [-0.1, -0.05) is 33.8 Å². The number of hydrogen-bond acceptors (Lipinski definition) is 10. The molecule has 0 saturated heterocycles. The van der Waals surface area contributed by atoms with Crippen LogP contribution in [0.4, 0.5) is 9.59 Å². The predicted molar refractivity (Wildman–Crippen MR) is 124 cm³/mol. The number of carboxylic acid groups (broad SMARTS) is 1. The van der Waals surface area contributed by atoms with Crippen molar-refractivity contribution in [1.82, 2.24) is 5.32 Å². The molecule has 1 aromatic rings. The molecule has 0 saturated carbocycles. The van der Waals surface area contributed by atoms with Crippen molar-refractivity contribution in [2.45, 2.75) is 66.7 Å². The Morgan fingerprint density at radius 1 is 0.886 bits per heavy atom. The van der Waals surface area contributed by atoms with Gasteiger partial charge in [0, 0.05) is 19.4 Å². The highest BCUT2D eigenvalue weighted by Gasteiger charge is 2.43. The highest BCUT2D eigenvalue weighted by atomic mass is 16.7. The monoisotopic (exact) mass is 497 g/mol. The Labute approximate surface area is 205 Å². The molecule has 11 heteroatoms. The Balaban J connectivity index is 3.32. The minimum atomic E-state index is -2.09. The van der Waals surface area contributed by atoms with Gasteiger partial charge in [-0.3, -0.25) is 10.1 Å². The number of nitrogens with one attached hydrogen (secondary N) is 1. The van der Waals surface area contributed by atoms with Crippen molar-refractivity contribution in [3.63, 3.8) is 0 Å². The highest BCUT2D eigenvalue weighted by molar-refractivity contribution is 5.81. The first kappa shape index (κ1) is 29.7. The highest BCUT2D eigenvalue weighted by Crippen LogP contribution is 2.31. The molecule has 11 nitrogen and oxygen atoms in total. The van der Waals surface area contributed by atoms with Gasteiger partial charge in [0.2, 0.25) is 0 Å². The topological polar surface area (TPSA) is 147 Å². The molecule has 35 heavy (non-hydrogen) atoms. The Hall–Kier alpha value is -3.34. The second-order valence-corrected chi connectivity index (χ2v) is 9.10. The standard InChI is InChI=1S/C24H35NO10/c1-14(2)12-31-22(29)33-19-9-8-18(10-20(19)34-23(30)32-13-15(3)4)11-24(21(27)28,25-16(5)6)35-17(7)26/h8-10,14-16,25H,11-13H2,1-7H3,(H,27,28)/t24-/m0/s1. The average Bonchev–Trinajstić information content (AvgIpc) is 2.71. The third kappa shape index (κ3) is 10.6. The van der Waals surface area contributed by atoms with Gasteiger partial charge in [-0.2, -0.15) is 0 Å². The van der Waals surface area contributed by atoms with Crippen LogP contribution in [0.3, 0.4) is 0 Å². The molecule has 1 rings (SSSR count). The van der Waals surface area contributed by atoms with E-state index in [1.807, 2.05) is 27.7 Å². The molecule has 0 fully saturated rings. The van der Waals surface area contributed by atoms with E-state index in [1.54, 1.807) is 13.8 Å². The zero-order valence-electron chi connectivity index (χ0n) is 21.2. The van der Waals surface area contributed by atoms with Crippen molar-refractivity contribution in [3.05, 3.63) is 23.8 Å². The van der Waals surface area contributed by atoms with Crippen LogP contribution in [0.25, 0.3) is 0 Å². The summed E-state index contributed by atoms with van der Waals surface area (Å²) in [6, 6.07) is 3.70. The molecular formula is C24H35NO10. The fourth-order valence-electron chi connectivity index (χ4n) is 2.83. The zero-order chi connectivity index (χ0) is 26.8. The quantitative estimate of drug-likeness (QED) is 0.187. The van der Waals surface area contributed by atoms with Crippen molar-refractivity contribution in [2.24, 2.45) is 11.8 Å². The van der Waals surface area contributed by atoms with Crippen molar-refractivity contribution in [3.8, 4) is 11.5 Å². The molecule has 0 aliphatic heterocycles. The van der Waals surface area contributed by atoms with Gasteiger partial charge >= 0.3 is 24.2 Å². The van der Waals surface area contributed by atoms with E-state index in [0.717, 1.165) is 6.92 Å². The molecule has 0 aliphatic carbocycles. The second-order valence-electron chi connectivity index (χ2n) is 9.10. The molecule has 0 amide bonds.